The first kappa shape index (κ1) is 14.2. The van der Waals surface area contributed by atoms with Gasteiger partial charge in [0.1, 0.15) is 21.9 Å². The van der Waals surface area contributed by atoms with Crippen molar-refractivity contribution in [3.63, 3.8) is 0 Å². The Bertz CT molecular complexity index is 674. The van der Waals surface area contributed by atoms with Gasteiger partial charge in [-0.3, -0.25) is 4.79 Å². The van der Waals surface area contributed by atoms with E-state index in [0.717, 1.165) is 11.5 Å². The monoisotopic (exact) mass is 295 g/mol. The third-order valence-electron chi connectivity index (χ3n) is 2.80. The van der Waals surface area contributed by atoms with E-state index in [1.807, 2.05) is 6.92 Å². The second-order valence-electron chi connectivity index (χ2n) is 4.15. The summed E-state index contributed by atoms with van der Waals surface area (Å²) in [4.78, 5) is 23.4. The van der Waals surface area contributed by atoms with Crippen molar-refractivity contribution >= 4 is 28.4 Å². The first-order valence-corrected chi connectivity index (χ1v) is 6.69. The Kier molecular flexibility index (Phi) is 3.84. The number of hydrogen-bond donors (Lipinski definition) is 2. The average Bonchev–Trinajstić information content (AvgIpc) is 2.92. The molecule has 106 valence electrons. The Morgan fingerprint density at radius 1 is 1.35 bits per heavy atom. The molecule has 0 aliphatic rings. The minimum Gasteiger partial charge on any atom is -0.478 e. The number of carboxylic acid groups (broad SMARTS) is 1. The molecule has 2 N–H and O–H groups in total. The van der Waals surface area contributed by atoms with Crippen molar-refractivity contribution in [1.82, 2.24) is 9.53 Å². The van der Waals surface area contributed by atoms with Crippen LogP contribution in [0.25, 0.3) is 0 Å². The second kappa shape index (κ2) is 5.41. The van der Waals surface area contributed by atoms with Gasteiger partial charge in [0.25, 0.3) is 5.91 Å². The number of rotatable bonds is 4. The highest BCUT2D eigenvalue weighted by Gasteiger charge is 2.23. The molecule has 8 heteroatoms. The lowest BCUT2D eigenvalue weighted by molar-refractivity contribution is 0.0697. The fraction of sp³-hybridized carbons (Fsp3) is 0.333. The molecule has 0 unspecified atom stereocenters. The Balaban J connectivity index is 2.33. The predicted molar refractivity (Wildman–Crippen MR) is 72.4 cm³/mol. The zero-order valence-electron chi connectivity index (χ0n) is 11.2. The van der Waals surface area contributed by atoms with Gasteiger partial charge in [-0.2, -0.15) is 4.37 Å². The largest absolute Gasteiger partial charge is 0.478 e. The van der Waals surface area contributed by atoms with E-state index in [4.69, 9.17) is 9.63 Å². The van der Waals surface area contributed by atoms with Gasteiger partial charge in [0.15, 0.2) is 0 Å². The molecule has 20 heavy (non-hydrogen) atoms. The van der Waals surface area contributed by atoms with Gasteiger partial charge in [0.2, 0.25) is 0 Å². The summed E-state index contributed by atoms with van der Waals surface area (Å²) in [5.74, 6) is -1.16. The number of aromatic carboxylic acids is 1. The van der Waals surface area contributed by atoms with E-state index in [1.54, 1.807) is 13.8 Å². The fourth-order valence-electron chi connectivity index (χ4n) is 1.82. The summed E-state index contributed by atoms with van der Waals surface area (Å²) >= 11 is 0.936. The van der Waals surface area contributed by atoms with E-state index in [1.165, 1.54) is 0 Å². The molecule has 7 nitrogen and oxygen atoms in total. The summed E-state index contributed by atoms with van der Waals surface area (Å²) < 4.78 is 8.93. The van der Waals surface area contributed by atoms with Gasteiger partial charge in [-0.25, -0.2) is 4.79 Å². The first-order valence-electron chi connectivity index (χ1n) is 5.91. The highest BCUT2D eigenvalue weighted by Crippen LogP contribution is 2.26. The maximum Gasteiger partial charge on any atom is 0.340 e. The van der Waals surface area contributed by atoms with E-state index < -0.39 is 11.9 Å². The number of aromatic nitrogens is 2. The van der Waals surface area contributed by atoms with Crippen LogP contribution in [0.3, 0.4) is 0 Å². The Hall–Kier alpha value is -2.22. The molecule has 2 heterocycles. The maximum atomic E-state index is 12.2. The summed E-state index contributed by atoms with van der Waals surface area (Å²) in [7, 11) is 0. The van der Waals surface area contributed by atoms with E-state index >= 15 is 0 Å². The van der Waals surface area contributed by atoms with Crippen LogP contribution in [0.15, 0.2) is 4.52 Å². The molecule has 0 fully saturated rings. The molecular formula is C12H13N3O4S. The number of aryl methyl sites for hydroxylation is 3. The van der Waals surface area contributed by atoms with Crippen molar-refractivity contribution in [3.05, 3.63) is 28.3 Å². The summed E-state index contributed by atoms with van der Waals surface area (Å²) in [5.41, 5.74) is 1.26. The van der Waals surface area contributed by atoms with Gasteiger partial charge < -0.3 is 14.9 Å². The lowest BCUT2D eigenvalue weighted by atomic mass is 10.1. The minimum atomic E-state index is -1.12. The van der Waals surface area contributed by atoms with Gasteiger partial charge in [-0.1, -0.05) is 12.1 Å². The number of anilines is 1. The van der Waals surface area contributed by atoms with Crippen LogP contribution in [0.2, 0.25) is 0 Å². The number of nitrogens with zero attached hydrogens (tertiary/aromatic N) is 2. The SMILES string of the molecule is CCc1noc(C)c1C(=O)Nc1snc(C)c1C(=O)O. The Morgan fingerprint density at radius 2 is 2.05 bits per heavy atom. The maximum absolute atomic E-state index is 12.2. The zero-order valence-corrected chi connectivity index (χ0v) is 12.0. The quantitative estimate of drug-likeness (QED) is 0.896. The molecule has 0 bridgehead atoms. The third-order valence-corrected chi connectivity index (χ3v) is 3.65. The smallest absolute Gasteiger partial charge is 0.340 e. The molecular weight excluding hydrogens is 282 g/mol. The molecule has 2 aromatic rings. The topological polar surface area (TPSA) is 105 Å². The minimum absolute atomic E-state index is 0.00973. The van der Waals surface area contributed by atoms with Crippen LogP contribution in [0.1, 0.15) is 44.8 Å². The molecule has 2 aromatic heterocycles. The highest BCUT2D eigenvalue weighted by molar-refractivity contribution is 7.11. The number of amides is 1. The molecule has 0 spiro atoms. The van der Waals surface area contributed by atoms with E-state index in [9.17, 15) is 9.59 Å². The van der Waals surface area contributed by atoms with Crippen LogP contribution in [-0.2, 0) is 6.42 Å². The van der Waals surface area contributed by atoms with Crippen LogP contribution >= 0.6 is 11.5 Å². The number of carboxylic acids is 1. The Morgan fingerprint density at radius 3 is 2.65 bits per heavy atom. The van der Waals surface area contributed by atoms with Crippen LogP contribution in [0.5, 0.6) is 0 Å². The number of hydrogen-bond acceptors (Lipinski definition) is 6. The molecule has 0 aromatic carbocycles. The van der Waals surface area contributed by atoms with Crippen molar-refractivity contribution < 1.29 is 19.2 Å². The van der Waals surface area contributed by atoms with Gasteiger partial charge >= 0.3 is 5.97 Å². The van der Waals surface area contributed by atoms with Crippen molar-refractivity contribution in [3.8, 4) is 0 Å². The molecule has 0 aliphatic heterocycles. The van der Waals surface area contributed by atoms with Crippen LogP contribution < -0.4 is 5.32 Å². The van der Waals surface area contributed by atoms with Gasteiger partial charge in [-0.05, 0) is 31.8 Å². The fourth-order valence-corrected chi connectivity index (χ4v) is 2.61. The summed E-state index contributed by atoms with van der Waals surface area (Å²) in [6.45, 7) is 5.07. The molecule has 1 amide bonds. The molecule has 0 saturated heterocycles. The molecule has 2 rings (SSSR count). The van der Waals surface area contributed by atoms with Crippen LogP contribution in [-0.4, -0.2) is 26.5 Å². The van der Waals surface area contributed by atoms with E-state index in [2.05, 4.69) is 14.8 Å². The van der Waals surface area contributed by atoms with Crippen LogP contribution in [0.4, 0.5) is 5.00 Å². The molecule has 0 radical (unpaired) electrons. The molecule has 0 atom stereocenters. The van der Waals surface area contributed by atoms with Crippen LogP contribution in [0, 0.1) is 13.8 Å². The first-order chi connectivity index (χ1) is 9.45. The summed E-state index contributed by atoms with van der Waals surface area (Å²) in [6.07, 6.45) is 0.549. The lowest BCUT2D eigenvalue weighted by Gasteiger charge is -2.03. The number of carbonyl (C=O) groups is 2. The lowest BCUT2D eigenvalue weighted by Crippen LogP contribution is -2.15. The number of carbonyl (C=O) groups excluding carboxylic acids is 1. The summed E-state index contributed by atoms with van der Waals surface area (Å²) in [6, 6.07) is 0. The Labute approximate surface area is 118 Å². The van der Waals surface area contributed by atoms with Crippen molar-refractivity contribution in [2.45, 2.75) is 27.2 Å². The standard InChI is InChI=1S/C12H13N3O4S/c1-4-7-9(6(3)19-14-7)10(16)13-11-8(12(17)18)5(2)15-20-11/h4H2,1-3H3,(H,13,16)(H,17,18). The normalized spacial score (nSPS) is 10.6. The highest BCUT2D eigenvalue weighted by atomic mass is 32.1. The number of nitrogens with one attached hydrogen (secondary N) is 1. The van der Waals surface area contributed by atoms with Gasteiger partial charge in [0, 0.05) is 0 Å². The van der Waals surface area contributed by atoms with Crippen molar-refractivity contribution in [2.24, 2.45) is 0 Å². The van der Waals surface area contributed by atoms with Crippen molar-refractivity contribution in [2.75, 3.05) is 5.32 Å². The molecule has 0 saturated carbocycles. The van der Waals surface area contributed by atoms with Gasteiger partial charge in [0.05, 0.1) is 11.4 Å². The zero-order chi connectivity index (χ0) is 14.9. The third kappa shape index (κ3) is 2.42. The summed E-state index contributed by atoms with van der Waals surface area (Å²) in [5, 5.41) is 15.7. The van der Waals surface area contributed by atoms with Gasteiger partial charge in [-0.15, -0.1) is 0 Å². The van der Waals surface area contributed by atoms with E-state index in [-0.39, 0.29) is 10.6 Å². The average molecular weight is 295 g/mol. The predicted octanol–water partition coefficient (Wildman–Crippen LogP) is 2.26. The van der Waals surface area contributed by atoms with E-state index in [0.29, 0.717) is 29.1 Å². The van der Waals surface area contributed by atoms with Crippen molar-refractivity contribution in [1.29, 1.82) is 0 Å². The second-order valence-corrected chi connectivity index (χ2v) is 4.92. The molecule has 0 aliphatic carbocycles.